The molecule has 15 heteroatoms. The van der Waals surface area contributed by atoms with Crippen molar-refractivity contribution in [1.82, 2.24) is 34.8 Å². The molecule has 0 aliphatic carbocycles. The Kier molecular flexibility index (Phi) is 10.2. The van der Waals surface area contributed by atoms with E-state index in [0.717, 1.165) is 55.1 Å². The number of amides is 3. The highest BCUT2D eigenvalue weighted by molar-refractivity contribution is 7.15. The van der Waals surface area contributed by atoms with Crippen molar-refractivity contribution in [1.29, 1.82) is 0 Å². The molecule has 2 unspecified atom stereocenters. The van der Waals surface area contributed by atoms with Crippen LogP contribution in [0.2, 0.25) is 5.02 Å². The summed E-state index contributed by atoms with van der Waals surface area (Å²) in [5.74, 6) is 6.52. The monoisotopic (exact) mass is 800 g/mol. The van der Waals surface area contributed by atoms with E-state index in [4.69, 9.17) is 21.3 Å². The van der Waals surface area contributed by atoms with Gasteiger partial charge in [0.15, 0.2) is 5.82 Å². The molecule has 0 spiro atoms. The van der Waals surface area contributed by atoms with Gasteiger partial charge in [-0.25, -0.2) is 0 Å². The summed E-state index contributed by atoms with van der Waals surface area (Å²) in [5, 5.41) is 17.1. The number of aromatic nitrogens is 5. The summed E-state index contributed by atoms with van der Waals surface area (Å²) >= 11 is 7.77. The average Bonchev–Trinajstić information content (AvgIpc) is 3.95. The van der Waals surface area contributed by atoms with Crippen LogP contribution in [0.3, 0.4) is 0 Å². The van der Waals surface area contributed by atoms with Crippen molar-refractivity contribution in [2.45, 2.75) is 71.6 Å². The first-order valence-electron chi connectivity index (χ1n) is 18.5. The van der Waals surface area contributed by atoms with Crippen LogP contribution in [0.5, 0.6) is 0 Å². The Hall–Kier alpha value is -6.17. The summed E-state index contributed by atoms with van der Waals surface area (Å²) in [4.78, 5) is 57.6. The van der Waals surface area contributed by atoms with Crippen molar-refractivity contribution in [2.75, 3.05) is 6.61 Å². The number of hydrogen-bond donors (Lipinski definition) is 1. The minimum Gasteiger partial charge on any atom is -0.460 e. The number of halogens is 1. The molecule has 1 N–H and O–H groups in total. The van der Waals surface area contributed by atoms with Crippen LogP contribution < -0.4 is 5.32 Å². The number of imide groups is 1. The van der Waals surface area contributed by atoms with E-state index >= 15 is 0 Å². The number of nitrogens with one attached hydrogen (secondary N) is 1. The predicted molar refractivity (Wildman–Crippen MR) is 213 cm³/mol. The number of fused-ring (bicyclic) bond motifs is 4. The standard InChI is InChI=1S/C42H37ClN8O5S/c1-23(30-8-5-9-31-32(30)21-50(41(31)55)33-15-17-35(52)46-40(33)54)7-6-18-56-36(53)22-49-20-27(19-44-49)10-16-34-24(2)37-38(28-11-13-29(43)14-12-28)45-25(3)39-48-47-26(4)51(39)42(37)57-34/h5-9,11-14,19-20,23,25,33H,15,17-18,21-22H2,1-4H3,(H,46,52,54)/b7-6+/t23?,25-,33?/m0/s1. The van der Waals surface area contributed by atoms with Gasteiger partial charge in [-0.15, -0.1) is 21.5 Å². The van der Waals surface area contributed by atoms with Crippen molar-refractivity contribution in [3.63, 3.8) is 0 Å². The third-order valence-electron chi connectivity index (χ3n) is 10.4. The molecule has 0 bridgehead atoms. The third-order valence-corrected chi connectivity index (χ3v) is 11.8. The Bertz CT molecular complexity index is 2590. The molecule has 3 aromatic heterocycles. The largest absolute Gasteiger partial charge is 0.460 e. The zero-order valence-electron chi connectivity index (χ0n) is 31.6. The Labute approximate surface area is 337 Å². The summed E-state index contributed by atoms with van der Waals surface area (Å²) < 4.78 is 9.03. The highest BCUT2D eigenvalue weighted by Gasteiger charge is 2.40. The fourth-order valence-corrected chi connectivity index (χ4v) is 8.80. The molecule has 0 saturated carbocycles. The Morgan fingerprint density at radius 1 is 1.12 bits per heavy atom. The highest BCUT2D eigenvalue weighted by Crippen LogP contribution is 2.39. The van der Waals surface area contributed by atoms with Gasteiger partial charge in [0.2, 0.25) is 11.8 Å². The molecule has 3 aliphatic rings. The van der Waals surface area contributed by atoms with Crippen LogP contribution in [0.4, 0.5) is 0 Å². The number of aliphatic imine (C=N–C) groups is 1. The second-order valence-electron chi connectivity index (χ2n) is 14.2. The zero-order chi connectivity index (χ0) is 40.0. The molecule has 6 heterocycles. The van der Waals surface area contributed by atoms with Gasteiger partial charge >= 0.3 is 5.97 Å². The Morgan fingerprint density at radius 2 is 1.93 bits per heavy atom. The minimum absolute atomic E-state index is 0.0590. The van der Waals surface area contributed by atoms with E-state index in [1.54, 1.807) is 40.8 Å². The van der Waals surface area contributed by atoms with E-state index in [-0.39, 0.29) is 49.9 Å². The molecule has 8 rings (SSSR count). The molecule has 1 saturated heterocycles. The quantitative estimate of drug-likeness (QED) is 0.0899. The van der Waals surface area contributed by atoms with Crippen LogP contribution in [0, 0.1) is 25.7 Å². The van der Waals surface area contributed by atoms with Crippen LogP contribution in [-0.2, 0) is 32.2 Å². The lowest BCUT2D eigenvalue weighted by molar-refractivity contribution is -0.143. The number of ether oxygens (including phenoxy) is 1. The van der Waals surface area contributed by atoms with Crippen LogP contribution >= 0.6 is 22.9 Å². The second kappa shape index (κ2) is 15.4. The number of thiophene rings is 1. The molecule has 2 aromatic carbocycles. The van der Waals surface area contributed by atoms with E-state index < -0.39 is 17.9 Å². The van der Waals surface area contributed by atoms with E-state index in [1.165, 1.54) is 4.68 Å². The van der Waals surface area contributed by atoms with Gasteiger partial charge in [0.1, 0.15) is 36.1 Å². The van der Waals surface area contributed by atoms with Crippen LogP contribution in [-0.4, -0.2) is 71.5 Å². The molecule has 13 nitrogen and oxygen atoms in total. The topological polar surface area (TPSA) is 154 Å². The summed E-state index contributed by atoms with van der Waals surface area (Å²) in [7, 11) is 0. The summed E-state index contributed by atoms with van der Waals surface area (Å²) in [6, 6.07) is 12.3. The number of benzene rings is 2. The maximum absolute atomic E-state index is 13.2. The number of esters is 1. The van der Waals surface area contributed by atoms with Crippen molar-refractivity contribution in [3.05, 3.63) is 128 Å². The van der Waals surface area contributed by atoms with E-state index in [2.05, 4.69) is 37.0 Å². The number of allylic oxidation sites excluding steroid dienone is 1. The van der Waals surface area contributed by atoms with E-state index in [0.29, 0.717) is 22.6 Å². The van der Waals surface area contributed by atoms with Gasteiger partial charge in [0.25, 0.3) is 5.91 Å². The SMILES string of the molecule is Cc1c(C#Cc2cnn(CC(=O)OC/C=C/C(C)c3cccc4c3CN(C3CCC(=O)NC3=O)C4=O)c2)sc2c1C(c1ccc(Cl)cc1)=N[C@@H](C)c1nnc(C)n1-2. The molecular weight excluding hydrogens is 764 g/mol. The molecule has 3 atom stereocenters. The van der Waals surface area contributed by atoms with Crippen LogP contribution in [0.1, 0.15) is 98.9 Å². The molecule has 57 heavy (non-hydrogen) atoms. The summed E-state index contributed by atoms with van der Waals surface area (Å²) in [6.45, 7) is 8.24. The van der Waals surface area contributed by atoms with Gasteiger partial charge < -0.3 is 9.64 Å². The number of carbonyl (C=O) groups excluding carboxylic acids is 4. The van der Waals surface area contributed by atoms with Crippen LogP contribution in [0.15, 0.2) is 72.0 Å². The number of nitrogens with zero attached hydrogens (tertiary/aromatic N) is 7. The molecule has 288 valence electrons. The Morgan fingerprint density at radius 3 is 2.72 bits per heavy atom. The lowest BCUT2D eigenvalue weighted by Gasteiger charge is -2.29. The first kappa shape index (κ1) is 37.7. The van der Waals surface area contributed by atoms with E-state index in [9.17, 15) is 19.2 Å². The summed E-state index contributed by atoms with van der Waals surface area (Å²) in [5.41, 5.74) is 6.75. The maximum atomic E-state index is 13.2. The first-order chi connectivity index (χ1) is 27.5. The fraction of sp³-hybridized carbons (Fsp3) is 0.286. The fourth-order valence-electron chi connectivity index (χ4n) is 7.46. The molecule has 3 amide bonds. The van der Waals surface area contributed by atoms with Gasteiger partial charge in [0.05, 0.1) is 22.3 Å². The van der Waals surface area contributed by atoms with Crippen molar-refractivity contribution >= 4 is 52.3 Å². The Balaban J connectivity index is 0.910. The number of hydrogen-bond acceptors (Lipinski definition) is 10. The van der Waals surface area contributed by atoms with Gasteiger partial charge in [-0.1, -0.05) is 66.8 Å². The lowest BCUT2D eigenvalue weighted by atomic mass is 9.93. The second-order valence-corrected chi connectivity index (χ2v) is 15.6. The molecule has 1 fully saturated rings. The van der Waals surface area contributed by atoms with Gasteiger partial charge in [-0.2, -0.15) is 5.10 Å². The van der Waals surface area contributed by atoms with Crippen molar-refractivity contribution in [3.8, 4) is 16.8 Å². The number of aryl methyl sites for hydroxylation is 1. The molecule has 3 aliphatic heterocycles. The zero-order valence-corrected chi connectivity index (χ0v) is 33.1. The van der Waals surface area contributed by atoms with Gasteiger partial charge in [0, 0.05) is 40.9 Å². The highest BCUT2D eigenvalue weighted by atomic mass is 35.5. The summed E-state index contributed by atoms with van der Waals surface area (Å²) in [6.07, 6.45) is 7.52. The molecule has 0 radical (unpaired) electrons. The third kappa shape index (κ3) is 7.32. The molecule has 5 aromatic rings. The normalized spacial score (nSPS) is 17.9. The minimum atomic E-state index is -0.678. The van der Waals surface area contributed by atoms with Crippen LogP contribution in [0.25, 0.3) is 5.00 Å². The van der Waals surface area contributed by atoms with Gasteiger partial charge in [-0.05, 0) is 68.0 Å². The maximum Gasteiger partial charge on any atom is 0.328 e. The molecular formula is C42H37ClN8O5S. The number of rotatable bonds is 8. The first-order valence-corrected chi connectivity index (χ1v) is 19.7. The van der Waals surface area contributed by atoms with E-state index in [1.807, 2.05) is 70.2 Å². The van der Waals surface area contributed by atoms with Gasteiger partial charge in [-0.3, -0.25) is 38.7 Å². The number of carbonyl (C=O) groups is 4. The average molecular weight is 801 g/mol. The lowest BCUT2D eigenvalue weighted by Crippen LogP contribution is -2.52. The predicted octanol–water partition coefficient (Wildman–Crippen LogP) is 5.77. The van der Waals surface area contributed by atoms with Crippen molar-refractivity contribution in [2.24, 2.45) is 4.99 Å². The number of piperidine rings is 1. The smallest absolute Gasteiger partial charge is 0.328 e. The van der Waals surface area contributed by atoms with Crippen molar-refractivity contribution < 1.29 is 23.9 Å².